The molecule has 0 bridgehead atoms. The summed E-state index contributed by atoms with van der Waals surface area (Å²) >= 11 is 1.70. The molecule has 0 spiro atoms. The highest BCUT2D eigenvalue weighted by Gasteiger charge is 2.41. The smallest absolute Gasteiger partial charge is 0.240 e. The fourth-order valence-corrected chi connectivity index (χ4v) is 4.50. The van der Waals surface area contributed by atoms with Gasteiger partial charge in [-0.3, -0.25) is 10.1 Å². The highest BCUT2D eigenvalue weighted by atomic mass is 32.2. The first-order valence-electron chi connectivity index (χ1n) is 7.69. The fourth-order valence-electron chi connectivity index (χ4n) is 3.15. The average molecular weight is 311 g/mol. The van der Waals surface area contributed by atoms with Crippen molar-refractivity contribution in [2.45, 2.75) is 32.2 Å². The minimum Gasteiger partial charge on any atom is -0.294 e. The van der Waals surface area contributed by atoms with E-state index in [2.05, 4.69) is 15.3 Å². The fraction of sp³-hybridized carbons (Fsp3) is 0.353. The van der Waals surface area contributed by atoms with E-state index in [1.165, 1.54) is 23.3 Å². The van der Waals surface area contributed by atoms with Crippen LogP contribution in [0.15, 0.2) is 50.8 Å². The Balaban J connectivity index is 1.57. The van der Waals surface area contributed by atoms with Crippen molar-refractivity contribution in [1.82, 2.24) is 5.32 Å². The summed E-state index contributed by atoms with van der Waals surface area (Å²) in [4.78, 5) is 22.8. The van der Waals surface area contributed by atoms with Gasteiger partial charge in [-0.15, -0.1) is 0 Å². The Morgan fingerprint density at radius 2 is 2.05 bits per heavy atom. The minimum absolute atomic E-state index is 0.0382. The van der Waals surface area contributed by atoms with E-state index < -0.39 is 0 Å². The molecule has 1 N–H and O–H groups in total. The standard InChI is InChI=1S/C17H17N3OS/c21-15-14-12-8-4-5-9-13(12)22-16(14)20-17(19-15)18-10-11-6-2-1-3-7-11/h1-3,6-7,14H,4-5,8-10H2,(H,18,19,21). The SMILES string of the molecule is O=C1NC(=NCc2ccccc2)N=C2SC3=C(CCCC3)C12. The molecule has 4 rings (SSSR count). The summed E-state index contributed by atoms with van der Waals surface area (Å²) in [6.45, 7) is 0.537. The minimum atomic E-state index is -0.143. The van der Waals surface area contributed by atoms with Crippen LogP contribution in [0.3, 0.4) is 0 Å². The number of nitrogens with one attached hydrogen (secondary N) is 1. The summed E-state index contributed by atoms with van der Waals surface area (Å²) in [5.41, 5.74) is 2.41. The van der Waals surface area contributed by atoms with E-state index in [0.717, 1.165) is 23.4 Å². The van der Waals surface area contributed by atoms with Crippen LogP contribution >= 0.6 is 11.8 Å². The molecule has 4 nitrogen and oxygen atoms in total. The molecule has 0 fully saturated rings. The predicted molar refractivity (Wildman–Crippen MR) is 89.7 cm³/mol. The molecule has 0 saturated carbocycles. The number of fused-ring (bicyclic) bond motifs is 2. The molecule has 2 aliphatic heterocycles. The van der Waals surface area contributed by atoms with Crippen LogP contribution in [0.1, 0.15) is 31.2 Å². The molecule has 1 amide bonds. The molecule has 1 atom stereocenters. The quantitative estimate of drug-likeness (QED) is 0.911. The summed E-state index contributed by atoms with van der Waals surface area (Å²) in [6.07, 6.45) is 4.54. The monoisotopic (exact) mass is 311 g/mol. The van der Waals surface area contributed by atoms with Crippen molar-refractivity contribution in [3.05, 3.63) is 46.4 Å². The number of carbonyl (C=O) groups is 1. The number of hydrogen-bond donors (Lipinski definition) is 1. The van der Waals surface area contributed by atoms with Crippen LogP contribution in [-0.2, 0) is 11.3 Å². The second-order valence-electron chi connectivity index (χ2n) is 5.76. The second kappa shape index (κ2) is 5.72. The van der Waals surface area contributed by atoms with Crippen LogP contribution in [0.5, 0.6) is 0 Å². The van der Waals surface area contributed by atoms with E-state index in [9.17, 15) is 4.79 Å². The van der Waals surface area contributed by atoms with E-state index in [4.69, 9.17) is 0 Å². The first-order valence-corrected chi connectivity index (χ1v) is 8.50. The maximum absolute atomic E-state index is 12.4. The van der Waals surface area contributed by atoms with Crippen LogP contribution in [0, 0.1) is 5.92 Å². The number of aliphatic imine (C=N–C) groups is 2. The summed E-state index contributed by atoms with van der Waals surface area (Å²) in [7, 11) is 0. The van der Waals surface area contributed by atoms with Gasteiger partial charge in [0.25, 0.3) is 0 Å². The first-order chi connectivity index (χ1) is 10.8. The van der Waals surface area contributed by atoms with Crippen LogP contribution in [0.25, 0.3) is 0 Å². The number of carbonyl (C=O) groups excluding carboxylic acids is 1. The van der Waals surface area contributed by atoms with Gasteiger partial charge in [0.15, 0.2) is 0 Å². The van der Waals surface area contributed by atoms with Gasteiger partial charge in [-0.05, 0) is 41.7 Å². The van der Waals surface area contributed by atoms with Gasteiger partial charge in [-0.2, -0.15) is 0 Å². The summed E-state index contributed by atoms with van der Waals surface area (Å²) in [6, 6.07) is 10.0. The van der Waals surface area contributed by atoms with Gasteiger partial charge in [0.2, 0.25) is 11.9 Å². The Bertz CT molecular complexity index is 706. The molecule has 5 heteroatoms. The summed E-state index contributed by atoms with van der Waals surface area (Å²) < 4.78 is 0. The number of rotatable bonds is 2. The highest BCUT2D eigenvalue weighted by Crippen LogP contribution is 2.46. The van der Waals surface area contributed by atoms with Crippen LogP contribution in [0.4, 0.5) is 0 Å². The van der Waals surface area contributed by atoms with Crippen molar-refractivity contribution in [2.75, 3.05) is 0 Å². The van der Waals surface area contributed by atoms with Gasteiger partial charge in [0, 0.05) is 0 Å². The van der Waals surface area contributed by atoms with Crippen LogP contribution in [-0.4, -0.2) is 16.9 Å². The Kier molecular flexibility index (Phi) is 3.58. The van der Waals surface area contributed by atoms with Gasteiger partial charge in [0.1, 0.15) is 5.92 Å². The molecule has 22 heavy (non-hydrogen) atoms. The number of allylic oxidation sites excluding steroid dienone is 1. The zero-order chi connectivity index (χ0) is 14.9. The molecule has 0 radical (unpaired) electrons. The molecular formula is C17H17N3OS. The zero-order valence-electron chi connectivity index (χ0n) is 12.2. The molecule has 1 aromatic carbocycles. The van der Waals surface area contributed by atoms with E-state index in [0.29, 0.717) is 12.5 Å². The molecular weight excluding hydrogens is 294 g/mol. The zero-order valence-corrected chi connectivity index (χ0v) is 13.0. The van der Waals surface area contributed by atoms with E-state index in [1.807, 2.05) is 30.3 Å². The number of guanidine groups is 1. The Morgan fingerprint density at radius 1 is 1.23 bits per heavy atom. The van der Waals surface area contributed by atoms with Gasteiger partial charge < -0.3 is 0 Å². The van der Waals surface area contributed by atoms with Crippen LogP contribution < -0.4 is 5.32 Å². The lowest BCUT2D eigenvalue weighted by molar-refractivity contribution is -0.120. The largest absolute Gasteiger partial charge is 0.294 e. The molecule has 2 heterocycles. The molecule has 1 aromatic rings. The van der Waals surface area contributed by atoms with Crippen molar-refractivity contribution in [2.24, 2.45) is 15.9 Å². The average Bonchev–Trinajstić information content (AvgIpc) is 2.92. The number of hydrogen-bond acceptors (Lipinski definition) is 3. The van der Waals surface area contributed by atoms with Crippen molar-refractivity contribution in [1.29, 1.82) is 0 Å². The normalized spacial score (nSPS) is 25.6. The van der Waals surface area contributed by atoms with Gasteiger partial charge >= 0.3 is 0 Å². The van der Waals surface area contributed by atoms with Gasteiger partial charge in [-0.25, -0.2) is 9.98 Å². The second-order valence-corrected chi connectivity index (χ2v) is 6.87. The molecule has 0 aromatic heterocycles. The maximum Gasteiger partial charge on any atom is 0.240 e. The van der Waals surface area contributed by atoms with Crippen LogP contribution in [0.2, 0.25) is 0 Å². The molecule has 112 valence electrons. The third kappa shape index (κ3) is 2.50. The number of amides is 1. The predicted octanol–water partition coefficient (Wildman–Crippen LogP) is 3.26. The van der Waals surface area contributed by atoms with Crippen molar-refractivity contribution in [3.63, 3.8) is 0 Å². The third-order valence-electron chi connectivity index (χ3n) is 4.25. The lowest BCUT2D eigenvalue weighted by Gasteiger charge is -2.21. The van der Waals surface area contributed by atoms with Crippen molar-refractivity contribution < 1.29 is 4.79 Å². The van der Waals surface area contributed by atoms with Gasteiger partial charge in [-0.1, -0.05) is 42.1 Å². The maximum atomic E-state index is 12.4. The molecule has 3 aliphatic rings. The molecule has 1 aliphatic carbocycles. The lowest BCUT2D eigenvalue weighted by Crippen LogP contribution is -2.42. The summed E-state index contributed by atoms with van der Waals surface area (Å²) in [5, 5.41) is 3.79. The highest BCUT2D eigenvalue weighted by molar-refractivity contribution is 8.17. The number of thioether (sulfide) groups is 1. The lowest BCUT2D eigenvalue weighted by atomic mass is 9.89. The van der Waals surface area contributed by atoms with Crippen molar-refractivity contribution >= 4 is 28.7 Å². The van der Waals surface area contributed by atoms with Gasteiger partial charge in [0.05, 0.1) is 11.6 Å². The number of benzene rings is 1. The topological polar surface area (TPSA) is 53.8 Å². The molecule has 0 saturated heterocycles. The third-order valence-corrected chi connectivity index (χ3v) is 5.50. The Hall–Kier alpha value is -1.88. The number of nitrogens with zero attached hydrogens (tertiary/aromatic N) is 2. The van der Waals surface area contributed by atoms with E-state index in [-0.39, 0.29) is 11.8 Å². The Labute approximate surface area is 133 Å². The van der Waals surface area contributed by atoms with Crippen molar-refractivity contribution in [3.8, 4) is 0 Å². The van der Waals surface area contributed by atoms with E-state index in [1.54, 1.807) is 11.8 Å². The Morgan fingerprint density at radius 3 is 2.91 bits per heavy atom. The molecule has 1 unspecified atom stereocenters. The first kappa shape index (κ1) is 13.8. The summed E-state index contributed by atoms with van der Waals surface area (Å²) in [5.74, 6) is 0.347. The van der Waals surface area contributed by atoms with E-state index >= 15 is 0 Å².